The van der Waals surface area contributed by atoms with Gasteiger partial charge in [-0.05, 0) is 35.4 Å². The maximum atomic E-state index is 12.4. The number of nitrogen functional groups attached to an aromatic ring is 1. The molecule has 2 rings (SSSR count). The van der Waals surface area contributed by atoms with E-state index in [1.54, 1.807) is 24.3 Å². The van der Waals surface area contributed by atoms with Gasteiger partial charge in [-0.3, -0.25) is 4.79 Å². The number of halogens is 3. The summed E-state index contributed by atoms with van der Waals surface area (Å²) in [5, 5.41) is 2.66. The summed E-state index contributed by atoms with van der Waals surface area (Å²) in [5.74, 6) is -0.217. The van der Waals surface area contributed by atoms with Crippen molar-refractivity contribution in [3.8, 4) is 0 Å². The minimum absolute atomic E-state index is 0.172. The van der Waals surface area contributed by atoms with Gasteiger partial charge in [-0.15, -0.1) is 0 Å². The van der Waals surface area contributed by atoms with Crippen LogP contribution in [-0.2, 0) is 23.9 Å². The zero-order chi connectivity index (χ0) is 16.2. The Hall–Kier alpha value is -2.50. The van der Waals surface area contributed by atoms with Crippen LogP contribution in [-0.4, -0.2) is 5.91 Å². The van der Waals surface area contributed by atoms with Crippen molar-refractivity contribution in [2.75, 3.05) is 5.73 Å². The Kier molecular flexibility index (Phi) is 4.70. The van der Waals surface area contributed by atoms with Gasteiger partial charge in [-0.1, -0.05) is 24.3 Å². The van der Waals surface area contributed by atoms with Gasteiger partial charge in [0.05, 0.1) is 12.0 Å². The molecule has 0 fully saturated rings. The van der Waals surface area contributed by atoms with Gasteiger partial charge in [0.15, 0.2) is 0 Å². The number of alkyl halides is 3. The minimum Gasteiger partial charge on any atom is -0.399 e. The standard InChI is InChI=1S/C16H15F3N2O/c17-16(18,19)13-6-4-11(5-7-13)10-21-15(22)9-12-2-1-3-14(20)8-12/h1-8H,9-10,20H2,(H,21,22). The second kappa shape index (κ2) is 6.51. The van der Waals surface area contributed by atoms with E-state index in [1.165, 1.54) is 12.1 Å². The predicted molar refractivity (Wildman–Crippen MR) is 77.8 cm³/mol. The highest BCUT2D eigenvalue weighted by Gasteiger charge is 2.29. The fourth-order valence-corrected chi connectivity index (χ4v) is 1.96. The molecule has 0 saturated heterocycles. The summed E-state index contributed by atoms with van der Waals surface area (Å²) in [7, 11) is 0. The van der Waals surface area contributed by atoms with Crippen LogP contribution in [0.5, 0.6) is 0 Å². The molecule has 2 aromatic rings. The molecule has 0 aliphatic heterocycles. The first kappa shape index (κ1) is 15.9. The second-order valence-electron chi connectivity index (χ2n) is 4.89. The Morgan fingerprint density at radius 3 is 2.32 bits per heavy atom. The molecule has 2 aromatic carbocycles. The number of carbonyl (C=O) groups is 1. The lowest BCUT2D eigenvalue weighted by Crippen LogP contribution is -2.24. The molecule has 0 aromatic heterocycles. The number of hydrogen-bond donors (Lipinski definition) is 2. The molecular formula is C16H15F3N2O. The van der Waals surface area contributed by atoms with Crippen LogP contribution in [0.3, 0.4) is 0 Å². The molecule has 116 valence electrons. The van der Waals surface area contributed by atoms with E-state index in [-0.39, 0.29) is 18.9 Å². The van der Waals surface area contributed by atoms with Crippen LogP contribution >= 0.6 is 0 Å². The molecule has 0 aliphatic carbocycles. The Bertz CT molecular complexity index is 651. The van der Waals surface area contributed by atoms with Gasteiger partial charge in [-0.2, -0.15) is 13.2 Å². The third kappa shape index (κ3) is 4.51. The highest BCUT2D eigenvalue weighted by atomic mass is 19.4. The Morgan fingerprint density at radius 1 is 1.05 bits per heavy atom. The molecule has 0 atom stereocenters. The lowest BCUT2D eigenvalue weighted by atomic mass is 10.1. The molecule has 6 heteroatoms. The number of nitrogens with one attached hydrogen (secondary N) is 1. The van der Waals surface area contributed by atoms with Crippen molar-refractivity contribution in [1.82, 2.24) is 5.32 Å². The smallest absolute Gasteiger partial charge is 0.399 e. The zero-order valence-corrected chi connectivity index (χ0v) is 11.7. The van der Waals surface area contributed by atoms with Crippen molar-refractivity contribution in [1.29, 1.82) is 0 Å². The van der Waals surface area contributed by atoms with Crippen LogP contribution in [0.15, 0.2) is 48.5 Å². The fourth-order valence-electron chi connectivity index (χ4n) is 1.96. The van der Waals surface area contributed by atoms with Gasteiger partial charge in [0, 0.05) is 12.2 Å². The average Bonchev–Trinajstić information content (AvgIpc) is 2.45. The van der Waals surface area contributed by atoms with Crippen LogP contribution in [0, 0.1) is 0 Å². The van der Waals surface area contributed by atoms with Gasteiger partial charge in [0.25, 0.3) is 0 Å². The summed E-state index contributed by atoms with van der Waals surface area (Å²) in [5.41, 5.74) is 6.88. The van der Waals surface area contributed by atoms with Gasteiger partial charge in [-0.25, -0.2) is 0 Å². The van der Waals surface area contributed by atoms with Gasteiger partial charge < -0.3 is 11.1 Å². The molecule has 0 bridgehead atoms. The highest BCUT2D eigenvalue weighted by Crippen LogP contribution is 2.29. The van der Waals surface area contributed by atoms with Crippen LogP contribution in [0.25, 0.3) is 0 Å². The van der Waals surface area contributed by atoms with E-state index in [0.717, 1.165) is 17.7 Å². The maximum Gasteiger partial charge on any atom is 0.416 e. The van der Waals surface area contributed by atoms with E-state index < -0.39 is 11.7 Å². The van der Waals surface area contributed by atoms with Crippen molar-refractivity contribution in [3.63, 3.8) is 0 Å². The Morgan fingerprint density at radius 2 is 1.73 bits per heavy atom. The first-order valence-corrected chi connectivity index (χ1v) is 6.62. The summed E-state index contributed by atoms with van der Waals surface area (Å²) in [6, 6.07) is 11.7. The first-order chi connectivity index (χ1) is 10.3. The van der Waals surface area contributed by atoms with E-state index in [2.05, 4.69) is 5.32 Å². The lowest BCUT2D eigenvalue weighted by molar-refractivity contribution is -0.137. The van der Waals surface area contributed by atoms with Crippen molar-refractivity contribution >= 4 is 11.6 Å². The summed E-state index contributed by atoms with van der Waals surface area (Å²) in [4.78, 5) is 11.8. The van der Waals surface area contributed by atoms with Gasteiger partial charge in [0.2, 0.25) is 5.91 Å². The monoisotopic (exact) mass is 308 g/mol. The molecule has 1 amide bonds. The van der Waals surface area contributed by atoms with E-state index in [0.29, 0.717) is 11.3 Å². The van der Waals surface area contributed by atoms with Crippen molar-refractivity contribution < 1.29 is 18.0 Å². The number of hydrogen-bond acceptors (Lipinski definition) is 2. The molecule has 0 unspecified atom stereocenters. The lowest BCUT2D eigenvalue weighted by Gasteiger charge is -2.09. The van der Waals surface area contributed by atoms with Gasteiger partial charge in [0.1, 0.15) is 0 Å². The molecule has 3 nitrogen and oxygen atoms in total. The van der Waals surface area contributed by atoms with Crippen LogP contribution in [0.1, 0.15) is 16.7 Å². The molecule has 22 heavy (non-hydrogen) atoms. The van der Waals surface area contributed by atoms with Gasteiger partial charge >= 0.3 is 6.18 Å². The number of amides is 1. The van der Waals surface area contributed by atoms with E-state index in [1.807, 2.05) is 0 Å². The minimum atomic E-state index is -4.35. The van der Waals surface area contributed by atoms with E-state index in [4.69, 9.17) is 5.73 Å². The largest absolute Gasteiger partial charge is 0.416 e. The third-order valence-electron chi connectivity index (χ3n) is 3.09. The maximum absolute atomic E-state index is 12.4. The highest BCUT2D eigenvalue weighted by molar-refractivity contribution is 5.78. The quantitative estimate of drug-likeness (QED) is 0.853. The predicted octanol–water partition coefficient (Wildman–Crippen LogP) is 3.15. The second-order valence-corrected chi connectivity index (χ2v) is 4.89. The van der Waals surface area contributed by atoms with Crippen molar-refractivity contribution in [2.45, 2.75) is 19.1 Å². The summed E-state index contributed by atoms with van der Waals surface area (Å²) in [6.45, 7) is 0.180. The molecule has 0 heterocycles. The summed E-state index contributed by atoms with van der Waals surface area (Å²) in [6.07, 6.45) is -4.18. The summed E-state index contributed by atoms with van der Waals surface area (Å²) < 4.78 is 37.3. The number of nitrogens with two attached hydrogens (primary N) is 1. The van der Waals surface area contributed by atoms with Crippen molar-refractivity contribution in [3.05, 3.63) is 65.2 Å². The average molecular weight is 308 g/mol. The topological polar surface area (TPSA) is 55.1 Å². The molecular weight excluding hydrogens is 293 g/mol. The zero-order valence-electron chi connectivity index (χ0n) is 11.7. The van der Waals surface area contributed by atoms with Crippen LogP contribution in [0.2, 0.25) is 0 Å². The third-order valence-corrected chi connectivity index (χ3v) is 3.09. The van der Waals surface area contributed by atoms with E-state index in [9.17, 15) is 18.0 Å². The SMILES string of the molecule is Nc1cccc(CC(=O)NCc2ccc(C(F)(F)F)cc2)c1. The van der Waals surface area contributed by atoms with Crippen molar-refractivity contribution in [2.24, 2.45) is 0 Å². The number of carbonyl (C=O) groups excluding carboxylic acids is 1. The van der Waals surface area contributed by atoms with Crippen LogP contribution < -0.4 is 11.1 Å². The molecule has 0 radical (unpaired) electrons. The molecule has 0 saturated carbocycles. The first-order valence-electron chi connectivity index (χ1n) is 6.62. The van der Waals surface area contributed by atoms with Crippen LogP contribution in [0.4, 0.5) is 18.9 Å². The Labute approximate surface area is 125 Å². The number of rotatable bonds is 4. The summed E-state index contributed by atoms with van der Waals surface area (Å²) >= 11 is 0. The number of benzene rings is 2. The normalized spacial score (nSPS) is 11.2. The molecule has 0 aliphatic rings. The molecule has 3 N–H and O–H groups in total. The van der Waals surface area contributed by atoms with E-state index >= 15 is 0 Å². The number of anilines is 1. The molecule has 0 spiro atoms. The Balaban J connectivity index is 1.88. The fraction of sp³-hybridized carbons (Fsp3) is 0.188.